The highest BCUT2D eigenvalue weighted by Crippen LogP contribution is 2.70. The highest BCUT2D eigenvalue weighted by atomic mass is 16.6. The number of carbonyl (C=O) groups excluding carboxylic acids is 2. The summed E-state index contributed by atoms with van der Waals surface area (Å²) in [6.07, 6.45) is -1.34. The molecule has 3 aromatic rings. The first-order valence-electron chi connectivity index (χ1n) is 12.5. The highest BCUT2D eigenvalue weighted by molar-refractivity contribution is 5.83. The van der Waals surface area contributed by atoms with Gasteiger partial charge in [0, 0.05) is 32.0 Å². The van der Waals surface area contributed by atoms with Crippen LogP contribution >= 0.6 is 0 Å². The van der Waals surface area contributed by atoms with Gasteiger partial charge in [0.15, 0.2) is 17.3 Å². The minimum absolute atomic E-state index is 0.264. The molecule has 2 N–H and O–H groups in total. The number of carbonyl (C=O) groups is 2. The molecule has 1 fully saturated rings. The Hall–Kier alpha value is -4.24. The largest absolute Gasteiger partial charge is 0.497 e. The predicted octanol–water partition coefficient (Wildman–Crippen LogP) is 3.28. The Morgan fingerprint density at radius 3 is 2.15 bits per heavy atom. The molecular weight excluding hydrogens is 502 g/mol. The summed E-state index contributed by atoms with van der Waals surface area (Å²) >= 11 is 0. The number of hydrogen-bond donors (Lipinski definition) is 2. The molecule has 39 heavy (non-hydrogen) atoms. The summed E-state index contributed by atoms with van der Waals surface area (Å²) < 4.78 is 29.3. The van der Waals surface area contributed by atoms with Gasteiger partial charge in [-0.05, 0) is 23.3 Å². The van der Waals surface area contributed by atoms with E-state index >= 15 is 0 Å². The maximum atomic E-state index is 13.7. The van der Waals surface area contributed by atoms with Crippen LogP contribution in [0.15, 0.2) is 66.7 Å². The van der Waals surface area contributed by atoms with Gasteiger partial charge in [0.05, 0.1) is 32.8 Å². The number of rotatable bonds is 7. The van der Waals surface area contributed by atoms with Crippen LogP contribution < -0.4 is 24.3 Å². The molecule has 9 heteroatoms. The highest BCUT2D eigenvalue weighted by Gasteiger charge is 2.79. The number of fused-ring (bicyclic) bond motifs is 3. The minimum Gasteiger partial charge on any atom is -0.497 e. The van der Waals surface area contributed by atoms with Gasteiger partial charge in [-0.3, -0.25) is 9.59 Å². The maximum absolute atomic E-state index is 13.7. The number of benzene rings is 3. The van der Waals surface area contributed by atoms with Crippen molar-refractivity contribution in [2.24, 2.45) is 5.92 Å². The molecule has 0 spiro atoms. The van der Waals surface area contributed by atoms with Gasteiger partial charge in [0.25, 0.3) is 0 Å². The lowest BCUT2D eigenvalue weighted by molar-refractivity contribution is -0.183. The second kappa shape index (κ2) is 9.81. The molecule has 3 aromatic carbocycles. The SMILES string of the molecule is CNC(=O)[C@H]1[C@@H](c2ccccc2)[C@]2(c3ccc(OC)cc3)Oc3cc(OC)cc(OC)c3[C@]2(O)[C@H]1OC(C)=O. The summed E-state index contributed by atoms with van der Waals surface area (Å²) in [5.74, 6) is -1.30. The van der Waals surface area contributed by atoms with Crippen molar-refractivity contribution in [2.75, 3.05) is 28.4 Å². The van der Waals surface area contributed by atoms with Crippen molar-refractivity contribution in [3.8, 4) is 23.0 Å². The van der Waals surface area contributed by atoms with E-state index in [1.807, 2.05) is 30.3 Å². The number of hydrogen-bond acceptors (Lipinski definition) is 8. The summed E-state index contributed by atoms with van der Waals surface area (Å²) in [6, 6.07) is 19.7. The Morgan fingerprint density at radius 2 is 1.59 bits per heavy atom. The van der Waals surface area contributed by atoms with E-state index in [4.69, 9.17) is 23.7 Å². The Labute approximate surface area is 226 Å². The summed E-state index contributed by atoms with van der Waals surface area (Å²) in [7, 11) is 6.05. The van der Waals surface area contributed by atoms with E-state index in [1.165, 1.54) is 28.2 Å². The van der Waals surface area contributed by atoms with Crippen LogP contribution in [0, 0.1) is 5.92 Å². The van der Waals surface area contributed by atoms with Crippen molar-refractivity contribution >= 4 is 11.9 Å². The van der Waals surface area contributed by atoms with Crippen molar-refractivity contribution < 1.29 is 38.4 Å². The average Bonchev–Trinajstić information content (AvgIpc) is 3.34. The fourth-order valence-electron chi connectivity index (χ4n) is 6.27. The lowest BCUT2D eigenvalue weighted by Crippen LogP contribution is -2.53. The summed E-state index contributed by atoms with van der Waals surface area (Å²) in [4.78, 5) is 26.2. The number of nitrogens with one attached hydrogen (secondary N) is 1. The third-order valence-corrected chi connectivity index (χ3v) is 7.77. The Bertz CT molecular complexity index is 1390. The van der Waals surface area contributed by atoms with E-state index in [9.17, 15) is 14.7 Å². The quantitative estimate of drug-likeness (QED) is 0.445. The molecule has 1 heterocycles. The van der Waals surface area contributed by atoms with E-state index in [2.05, 4.69) is 5.32 Å². The van der Waals surface area contributed by atoms with Crippen LogP contribution in [0.25, 0.3) is 0 Å². The summed E-state index contributed by atoms with van der Waals surface area (Å²) in [5, 5.41) is 15.8. The fourth-order valence-corrected chi connectivity index (χ4v) is 6.27. The van der Waals surface area contributed by atoms with Gasteiger partial charge in [-0.25, -0.2) is 0 Å². The lowest BCUT2D eigenvalue weighted by Gasteiger charge is -2.41. The molecular formula is C30H31NO8. The minimum atomic E-state index is -2.06. The molecule has 1 aliphatic heterocycles. The Balaban J connectivity index is 1.92. The van der Waals surface area contributed by atoms with Crippen molar-refractivity contribution in [1.29, 1.82) is 0 Å². The van der Waals surface area contributed by atoms with E-state index in [0.717, 1.165) is 0 Å². The molecule has 1 saturated carbocycles. The molecule has 5 rings (SSSR count). The lowest BCUT2D eigenvalue weighted by atomic mass is 9.70. The Morgan fingerprint density at radius 1 is 0.923 bits per heavy atom. The summed E-state index contributed by atoms with van der Waals surface area (Å²) in [6.45, 7) is 1.25. The molecule has 204 valence electrons. The number of esters is 1. The Kier molecular flexibility index (Phi) is 6.64. The second-order valence-electron chi connectivity index (χ2n) is 9.59. The van der Waals surface area contributed by atoms with Crippen LogP contribution in [0.5, 0.6) is 23.0 Å². The molecule has 0 aromatic heterocycles. The monoisotopic (exact) mass is 533 g/mol. The van der Waals surface area contributed by atoms with Gasteiger partial charge < -0.3 is 34.1 Å². The molecule has 0 unspecified atom stereocenters. The van der Waals surface area contributed by atoms with Crippen LogP contribution in [-0.4, -0.2) is 51.5 Å². The molecule has 5 atom stereocenters. The van der Waals surface area contributed by atoms with Gasteiger partial charge in [-0.15, -0.1) is 0 Å². The van der Waals surface area contributed by atoms with Gasteiger partial charge in [-0.2, -0.15) is 0 Å². The van der Waals surface area contributed by atoms with E-state index in [1.54, 1.807) is 43.5 Å². The molecule has 2 aliphatic rings. The number of aliphatic hydroxyl groups is 1. The predicted molar refractivity (Wildman–Crippen MR) is 141 cm³/mol. The van der Waals surface area contributed by atoms with Crippen molar-refractivity contribution in [1.82, 2.24) is 5.32 Å². The van der Waals surface area contributed by atoms with Crippen LogP contribution in [-0.2, 0) is 25.5 Å². The van der Waals surface area contributed by atoms with Gasteiger partial charge >= 0.3 is 5.97 Å². The van der Waals surface area contributed by atoms with Crippen molar-refractivity contribution in [2.45, 2.75) is 30.1 Å². The topological polar surface area (TPSA) is 113 Å². The zero-order chi connectivity index (χ0) is 27.9. The van der Waals surface area contributed by atoms with E-state index < -0.39 is 41.0 Å². The maximum Gasteiger partial charge on any atom is 0.303 e. The third kappa shape index (κ3) is 3.71. The van der Waals surface area contributed by atoms with Crippen LogP contribution in [0.4, 0.5) is 0 Å². The first kappa shape index (κ1) is 26.4. The molecule has 9 nitrogen and oxygen atoms in total. The molecule has 1 amide bonds. The van der Waals surface area contributed by atoms with Gasteiger partial charge in [-0.1, -0.05) is 42.5 Å². The van der Waals surface area contributed by atoms with Crippen LogP contribution in [0.1, 0.15) is 29.5 Å². The third-order valence-electron chi connectivity index (χ3n) is 7.77. The molecule has 0 saturated heterocycles. The second-order valence-corrected chi connectivity index (χ2v) is 9.59. The van der Waals surface area contributed by atoms with Gasteiger partial charge in [0.1, 0.15) is 23.0 Å². The van der Waals surface area contributed by atoms with E-state index in [0.29, 0.717) is 22.6 Å². The van der Waals surface area contributed by atoms with Crippen molar-refractivity contribution in [3.05, 3.63) is 83.4 Å². The van der Waals surface area contributed by atoms with Crippen LogP contribution in [0.3, 0.4) is 0 Å². The van der Waals surface area contributed by atoms with E-state index in [-0.39, 0.29) is 17.1 Å². The fraction of sp³-hybridized carbons (Fsp3) is 0.333. The zero-order valence-corrected chi connectivity index (χ0v) is 22.4. The number of amides is 1. The van der Waals surface area contributed by atoms with Crippen LogP contribution in [0.2, 0.25) is 0 Å². The number of ether oxygens (including phenoxy) is 5. The van der Waals surface area contributed by atoms with Crippen molar-refractivity contribution in [3.63, 3.8) is 0 Å². The summed E-state index contributed by atoms with van der Waals surface area (Å²) in [5.41, 5.74) is -2.15. The van der Waals surface area contributed by atoms with Gasteiger partial charge in [0.2, 0.25) is 5.91 Å². The molecule has 1 aliphatic carbocycles. The standard InChI is InChI=1S/C30H31NO8/c1-17(32)38-27-24(28(33)31-2)25(18-9-7-6-8-10-18)30(19-11-13-20(35-3)14-12-19)29(27,34)26-22(37-5)15-21(36-4)16-23(26)39-30/h6-16,24-25,27,34H,1-5H3,(H,31,33)/t24-,25+,27-,29-,30-/m0/s1. The average molecular weight is 534 g/mol. The molecule has 0 bridgehead atoms. The number of methoxy groups -OCH3 is 3. The zero-order valence-electron chi connectivity index (χ0n) is 22.4. The smallest absolute Gasteiger partial charge is 0.303 e. The first-order valence-corrected chi connectivity index (χ1v) is 12.5. The molecule has 0 radical (unpaired) electrons. The normalized spacial score (nSPS) is 26.6. The first-order chi connectivity index (χ1) is 18.8.